The number of thioether (sulfide) groups is 1. The Balaban J connectivity index is 1.47. The molecule has 0 aliphatic carbocycles. The summed E-state index contributed by atoms with van der Waals surface area (Å²) in [6, 6.07) is 18.1. The molecule has 31 heavy (non-hydrogen) atoms. The highest BCUT2D eigenvalue weighted by atomic mass is 32.2. The van der Waals surface area contributed by atoms with E-state index in [1.54, 1.807) is 43.0 Å². The van der Waals surface area contributed by atoms with Gasteiger partial charge < -0.3 is 4.74 Å². The topological polar surface area (TPSA) is 93.2 Å². The summed E-state index contributed by atoms with van der Waals surface area (Å²) in [5.41, 5.74) is 8.15. The summed E-state index contributed by atoms with van der Waals surface area (Å²) in [5.74, 6) is 0.419. The number of amides is 2. The number of hydrogen-bond acceptors (Lipinski definition) is 6. The van der Waals surface area contributed by atoms with Gasteiger partial charge in [-0.2, -0.15) is 0 Å². The van der Waals surface area contributed by atoms with E-state index in [0.29, 0.717) is 17.1 Å². The number of rotatable bonds is 7. The minimum Gasteiger partial charge on any atom is -0.481 e. The number of nitrogens with one attached hydrogen (secondary N) is 2. The Kier molecular flexibility index (Phi) is 7.61. The molecule has 0 saturated carbocycles. The average Bonchev–Trinajstić information content (AvgIpc) is 2.76. The Labute approximate surface area is 185 Å². The van der Waals surface area contributed by atoms with Crippen molar-refractivity contribution < 1.29 is 14.3 Å². The number of aromatic nitrogens is 2. The second-order valence-electron chi connectivity index (χ2n) is 6.94. The first-order valence-electron chi connectivity index (χ1n) is 9.76. The zero-order valence-corrected chi connectivity index (χ0v) is 18.4. The fourth-order valence-electron chi connectivity index (χ4n) is 2.71. The van der Waals surface area contributed by atoms with E-state index >= 15 is 0 Å². The maximum Gasteiger partial charge on any atom is 0.279 e. The molecule has 3 aromatic rings. The van der Waals surface area contributed by atoms with Crippen LogP contribution in [0.5, 0.6) is 5.75 Å². The molecule has 2 N–H and O–H groups in total. The molecule has 0 aliphatic heterocycles. The molecular formula is C23H24N4O3S. The van der Waals surface area contributed by atoms with E-state index < -0.39 is 17.9 Å². The van der Waals surface area contributed by atoms with Gasteiger partial charge in [-0.3, -0.25) is 20.4 Å². The summed E-state index contributed by atoms with van der Waals surface area (Å²) < 4.78 is 5.53. The van der Waals surface area contributed by atoms with E-state index in [2.05, 4.69) is 20.8 Å². The minimum atomic E-state index is -0.755. The number of para-hydroxylation sites is 1. The molecule has 0 fully saturated rings. The number of benzene rings is 2. The zero-order chi connectivity index (χ0) is 22.2. The normalized spacial score (nSPS) is 11.5. The molecule has 0 unspecified atom stereocenters. The lowest BCUT2D eigenvalue weighted by molar-refractivity contribution is -0.128. The van der Waals surface area contributed by atoms with E-state index in [9.17, 15) is 9.59 Å². The van der Waals surface area contributed by atoms with Crippen LogP contribution in [0, 0.1) is 13.8 Å². The van der Waals surface area contributed by atoms with Gasteiger partial charge in [0.1, 0.15) is 5.75 Å². The highest BCUT2D eigenvalue weighted by molar-refractivity contribution is 7.98. The van der Waals surface area contributed by atoms with Gasteiger partial charge in [-0.05, 0) is 56.7 Å². The van der Waals surface area contributed by atoms with Crippen molar-refractivity contribution >= 4 is 23.6 Å². The fraction of sp³-hybridized carbons (Fsp3) is 0.217. The van der Waals surface area contributed by atoms with Crippen LogP contribution in [0.2, 0.25) is 0 Å². The van der Waals surface area contributed by atoms with Crippen LogP contribution in [-0.2, 0) is 10.5 Å². The third kappa shape index (κ3) is 6.82. The molecule has 0 aliphatic rings. The number of nitrogens with zero attached hydrogens (tertiary/aromatic N) is 2. The van der Waals surface area contributed by atoms with Gasteiger partial charge >= 0.3 is 0 Å². The number of aryl methyl sites for hydroxylation is 2. The largest absolute Gasteiger partial charge is 0.481 e. The Hall–Kier alpha value is -3.39. The summed E-state index contributed by atoms with van der Waals surface area (Å²) in [6.07, 6.45) is -0.755. The molecule has 3 rings (SSSR count). The molecule has 8 heteroatoms. The Morgan fingerprint density at radius 2 is 1.61 bits per heavy atom. The summed E-state index contributed by atoms with van der Waals surface area (Å²) >= 11 is 1.54. The van der Waals surface area contributed by atoms with Crippen molar-refractivity contribution in [2.45, 2.75) is 37.8 Å². The summed E-state index contributed by atoms with van der Waals surface area (Å²) in [4.78, 5) is 33.3. The maximum atomic E-state index is 12.3. The first-order chi connectivity index (χ1) is 14.9. The van der Waals surface area contributed by atoms with Crippen molar-refractivity contribution in [3.63, 3.8) is 0 Å². The molecule has 0 radical (unpaired) electrons. The standard InChI is InChI=1S/C23H24N4O3S/c1-15-13-16(2)25-23(24-15)31-14-18-9-11-19(12-10-18)22(29)27-26-21(28)17(3)30-20-7-5-4-6-8-20/h4-13,17H,14H2,1-3H3,(H,26,28)(H,27,29)/t17-/m0/s1. The average molecular weight is 437 g/mol. The van der Waals surface area contributed by atoms with Crippen molar-refractivity contribution in [3.05, 3.63) is 83.2 Å². The Morgan fingerprint density at radius 1 is 0.968 bits per heavy atom. The molecule has 1 atom stereocenters. The monoisotopic (exact) mass is 436 g/mol. The third-order valence-corrected chi connectivity index (χ3v) is 5.19. The predicted molar refractivity (Wildman–Crippen MR) is 120 cm³/mol. The molecular weight excluding hydrogens is 412 g/mol. The lowest BCUT2D eigenvalue weighted by atomic mass is 10.1. The molecule has 0 saturated heterocycles. The first kappa shape index (κ1) is 22.3. The smallest absolute Gasteiger partial charge is 0.279 e. The van der Waals surface area contributed by atoms with Crippen LogP contribution in [0.4, 0.5) is 0 Å². The summed E-state index contributed by atoms with van der Waals surface area (Å²) in [7, 11) is 0. The Morgan fingerprint density at radius 3 is 2.26 bits per heavy atom. The fourth-order valence-corrected chi connectivity index (χ4v) is 3.61. The molecule has 0 bridgehead atoms. The highest BCUT2D eigenvalue weighted by Gasteiger charge is 2.16. The van der Waals surface area contributed by atoms with Crippen LogP contribution in [0.1, 0.15) is 34.2 Å². The molecule has 7 nitrogen and oxygen atoms in total. The quantitative estimate of drug-likeness (QED) is 0.334. The third-order valence-electron chi connectivity index (χ3n) is 4.27. The molecule has 0 spiro atoms. The van der Waals surface area contributed by atoms with E-state index in [0.717, 1.165) is 22.1 Å². The van der Waals surface area contributed by atoms with Crippen molar-refractivity contribution in [1.82, 2.24) is 20.8 Å². The van der Waals surface area contributed by atoms with Gasteiger partial charge in [0.2, 0.25) is 0 Å². The second kappa shape index (κ2) is 10.6. The van der Waals surface area contributed by atoms with Crippen LogP contribution < -0.4 is 15.6 Å². The number of carbonyl (C=O) groups is 2. The number of hydrazine groups is 1. The molecule has 2 amide bonds. The second-order valence-corrected chi connectivity index (χ2v) is 7.88. The van der Waals surface area contributed by atoms with Gasteiger partial charge in [-0.15, -0.1) is 0 Å². The maximum absolute atomic E-state index is 12.3. The number of carbonyl (C=O) groups excluding carboxylic acids is 2. The van der Waals surface area contributed by atoms with E-state index in [4.69, 9.17) is 4.74 Å². The van der Waals surface area contributed by atoms with Crippen molar-refractivity contribution in [2.75, 3.05) is 0 Å². The van der Waals surface area contributed by atoms with Crippen molar-refractivity contribution in [3.8, 4) is 5.75 Å². The van der Waals surface area contributed by atoms with Crippen LogP contribution >= 0.6 is 11.8 Å². The van der Waals surface area contributed by atoms with Crippen LogP contribution in [-0.4, -0.2) is 27.9 Å². The zero-order valence-electron chi connectivity index (χ0n) is 17.6. The van der Waals surface area contributed by atoms with Gasteiger partial charge in [0, 0.05) is 22.7 Å². The molecule has 1 heterocycles. The van der Waals surface area contributed by atoms with Crippen LogP contribution in [0.3, 0.4) is 0 Å². The minimum absolute atomic E-state index is 0.405. The number of hydrogen-bond donors (Lipinski definition) is 2. The lowest BCUT2D eigenvalue weighted by Crippen LogP contribution is -2.47. The van der Waals surface area contributed by atoms with Crippen molar-refractivity contribution in [1.29, 1.82) is 0 Å². The highest BCUT2D eigenvalue weighted by Crippen LogP contribution is 2.20. The SMILES string of the molecule is Cc1cc(C)nc(SCc2ccc(C(=O)NNC(=O)[C@H](C)Oc3ccccc3)cc2)n1. The summed E-state index contributed by atoms with van der Waals surface area (Å²) in [6.45, 7) is 5.50. The number of ether oxygens (including phenoxy) is 1. The summed E-state index contributed by atoms with van der Waals surface area (Å²) in [5, 5.41) is 0.730. The van der Waals surface area contributed by atoms with E-state index in [-0.39, 0.29) is 0 Å². The first-order valence-corrected chi connectivity index (χ1v) is 10.7. The van der Waals surface area contributed by atoms with Crippen LogP contribution in [0.25, 0.3) is 0 Å². The van der Waals surface area contributed by atoms with Gasteiger partial charge in [-0.1, -0.05) is 42.1 Å². The van der Waals surface area contributed by atoms with Gasteiger partial charge in [-0.25, -0.2) is 9.97 Å². The van der Waals surface area contributed by atoms with E-state index in [1.165, 1.54) is 0 Å². The lowest BCUT2D eigenvalue weighted by Gasteiger charge is -2.15. The van der Waals surface area contributed by atoms with E-state index in [1.807, 2.05) is 50.2 Å². The molecule has 1 aromatic heterocycles. The van der Waals surface area contributed by atoms with Crippen LogP contribution in [0.15, 0.2) is 65.8 Å². The van der Waals surface area contributed by atoms with Gasteiger partial charge in [0.25, 0.3) is 11.8 Å². The molecule has 2 aromatic carbocycles. The Bertz CT molecular complexity index is 1020. The van der Waals surface area contributed by atoms with Gasteiger partial charge in [0.05, 0.1) is 0 Å². The molecule has 160 valence electrons. The van der Waals surface area contributed by atoms with Crippen molar-refractivity contribution in [2.24, 2.45) is 0 Å². The predicted octanol–water partition coefficient (Wildman–Crippen LogP) is 3.61. The van der Waals surface area contributed by atoms with Gasteiger partial charge in [0.15, 0.2) is 11.3 Å².